The number of halogens is 2. The molecule has 0 spiro atoms. The van der Waals surface area contributed by atoms with Crippen molar-refractivity contribution in [2.24, 2.45) is 0 Å². The predicted molar refractivity (Wildman–Crippen MR) is 51.3 cm³/mol. The van der Waals surface area contributed by atoms with Gasteiger partial charge in [-0.2, -0.15) is 0 Å². The quantitative estimate of drug-likeness (QED) is 0.831. The molecular weight excluding hydrogens is 218 g/mol. The Labute approximate surface area is 89.1 Å². The van der Waals surface area contributed by atoms with Crippen molar-refractivity contribution < 1.29 is 13.6 Å². The molecule has 0 unspecified atom stereocenters. The number of nitrogens with zero attached hydrogens (tertiary/aromatic N) is 3. The zero-order valence-corrected chi connectivity index (χ0v) is 8.32. The van der Waals surface area contributed by atoms with Crippen LogP contribution in [0, 0.1) is 0 Å². The van der Waals surface area contributed by atoms with Crippen LogP contribution >= 0.6 is 0 Å². The van der Waals surface area contributed by atoms with E-state index in [1.54, 1.807) is 0 Å². The lowest BCUT2D eigenvalue weighted by Gasteiger charge is -2.01. The largest absolute Gasteiger partial charge is 0.354 e. The van der Waals surface area contributed by atoms with Crippen molar-refractivity contribution in [3.63, 3.8) is 0 Å². The van der Waals surface area contributed by atoms with Gasteiger partial charge in [-0.05, 0) is 0 Å². The lowest BCUT2D eigenvalue weighted by atomic mass is 10.3. The van der Waals surface area contributed by atoms with Crippen LogP contribution in [0.3, 0.4) is 0 Å². The molecule has 0 radical (unpaired) electrons. The topological polar surface area (TPSA) is 59.3 Å². The van der Waals surface area contributed by atoms with Gasteiger partial charge in [-0.15, -0.1) is 0 Å². The summed E-state index contributed by atoms with van der Waals surface area (Å²) in [4.78, 5) is 18.9. The molecule has 84 valence electrons. The summed E-state index contributed by atoms with van der Waals surface area (Å²) in [6.45, 7) is 0. The zero-order chi connectivity index (χ0) is 11.7. The molecule has 0 atom stereocenters. The third-order valence-electron chi connectivity index (χ3n) is 2.11. The summed E-state index contributed by atoms with van der Waals surface area (Å²) in [5.41, 5.74) is -0.473. The molecule has 0 fully saturated rings. The highest BCUT2D eigenvalue weighted by atomic mass is 19.3. The molecule has 2 heterocycles. The van der Waals surface area contributed by atoms with Gasteiger partial charge in [-0.3, -0.25) is 14.2 Å². The number of aromatic nitrogens is 3. The second-order valence-electron chi connectivity index (χ2n) is 3.03. The third-order valence-corrected chi connectivity index (χ3v) is 2.11. The molecule has 0 bridgehead atoms. The van der Waals surface area contributed by atoms with E-state index < -0.39 is 18.0 Å². The monoisotopic (exact) mass is 226 g/mol. The fourth-order valence-electron chi connectivity index (χ4n) is 1.42. The highest BCUT2D eigenvalue weighted by Crippen LogP contribution is 2.22. The summed E-state index contributed by atoms with van der Waals surface area (Å²) in [6, 6.07) is 0. The van der Waals surface area contributed by atoms with E-state index in [4.69, 9.17) is 0 Å². The molecule has 1 amide bonds. The molecule has 0 aliphatic rings. The molecule has 2 aromatic rings. The van der Waals surface area contributed by atoms with Crippen LogP contribution < -0.4 is 5.32 Å². The van der Waals surface area contributed by atoms with Gasteiger partial charge in [-0.25, -0.2) is 13.8 Å². The van der Waals surface area contributed by atoms with Crippen molar-refractivity contribution in [1.82, 2.24) is 19.7 Å². The third kappa shape index (κ3) is 1.50. The van der Waals surface area contributed by atoms with Crippen LogP contribution in [0.5, 0.6) is 0 Å². The van der Waals surface area contributed by atoms with Crippen LogP contribution in [-0.2, 0) is 0 Å². The average Bonchev–Trinajstić information content (AvgIpc) is 2.67. The van der Waals surface area contributed by atoms with Crippen LogP contribution in [0.1, 0.15) is 22.6 Å². The molecule has 2 aromatic heterocycles. The fraction of sp³-hybridized carbons (Fsp3) is 0.222. The van der Waals surface area contributed by atoms with E-state index in [9.17, 15) is 13.6 Å². The minimum Gasteiger partial charge on any atom is -0.354 e. The van der Waals surface area contributed by atoms with Gasteiger partial charge in [0, 0.05) is 19.4 Å². The van der Waals surface area contributed by atoms with E-state index in [1.165, 1.54) is 30.0 Å². The molecule has 0 saturated carbocycles. The first kappa shape index (κ1) is 10.5. The van der Waals surface area contributed by atoms with Crippen molar-refractivity contribution in [2.45, 2.75) is 6.43 Å². The summed E-state index contributed by atoms with van der Waals surface area (Å²) in [7, 11) is 1.37. The van der Waals surface area contributed by atoms with Gasteiger partial charge in [0.15, 0.2) is 5.65 Å². The fourth-order valence-corrected chi connectivity index (χ4v) is 1.42. The van der Waals surface area contributed by atoms with E-state index in [0.717, 1.165) is 0 Å². The van der Waals surface area contributed by atoms with E-state index in [0.29, 0.717) is 0 Å². The van der Waals surface area contributed by atoms with E-state index in [1.807, 2.05) is 0 Å². The molecule has 0 saturated heterocycles. The van der Waals surface area contributed by atoms with Gasteiger partial charge in [0.25, 0.3) is 12.3 Å². The lowest BCUT2D eigenvalue weighted by molar-refractivity contribution is 0.0941. The Morgan fingerprint density at radius 2 is 2.31 bits per heavy atom. The average molecular weight is 226 g/mol. The number of amides is 1. The molecule has 1 N–H and O–H groups in total. The molecule has 2 rings (SSSR count). The zero-order valence-electron chi connectivity index (χ0n) is 8.32. The van der Waals surface area contributed by atoms with Crippen molar-refractivity contribution in [3.8, 4) is 0 Å². The number of hydrogen-bond acceptors (Lipinski definition) is 3. The Morgan fingerprint density at radius 1 is 1.56 bits per heavy atom. The van der Waals surface area contributed by atoms with Crippen molar-refractivity contribution >= 4 is 11.6 Å². The van der Waals surface area contributed by atoms with Crippen LogP contribution in [0.15, 0.2) is 18.6 Å². The van der Waals surface area contributed by atoms with Crippen LogP contribution in [0.2, 0.25) is 0 Å². The molecule has 16 heavy (non-hydrogen) atoms. The Morgan fingerprint density at radius 3 is 2.94 bits per heavy atom. The predicted octanol–water partition coefficient (Wildman–Crippen LogP) is 1.03. The number of nitrogens with one attached hydrogen (secondary N) is 1. The smallest absolute Gasteiger partial charge is 0.282 e. The Bertz CT molecular complexity index is 537. The van der Waals surface area contributed by atoms with E-state index >= 15 is 0 Å². The first-order valence-electron chi connectivity index (χ1n) is 4.47. The van der Waals surface area contributed by atoms with Crippen LogP contribution in [0.4, 0.5) is 8.78 Å². The number of fused-ring (bicyclic) bond motifs is 1. The Kier molecular flexibility index (Phi) is 2.51. The van der Waals surface area contributed by atoms with Crippen LogP contribution in [-0.4, -0.2) is 27.3 Å². The minimum absolute atomic E-state index is 0.157. The summed E-state index contributed by atoms with van der Waals surface area (Å²) in [6.07, 6.45) is 1.33. The molecule has 0 aliphatic heterocycles. The summed E-state index contributed by atoms with van der Waals surface area (Å²) < 4.78 is 26.7. The van der Waals surface area contributed by atoms with Crippen molar-refractivity contribution in [3.05, 3.63) is 30.0 Å². The lowest BCUT2D eigenvalue weighted by Crippen LogP contribution is -2.21. The second-order valence-corrected chi connectivity index (χ2v) is 3.03. The highest BCUT2D eigenvalue weighted by Gasteiger charge is 2.24. The molecule has 0 aliphatic carbocycles. The minimum atomic E-state index is -2.80. The molecular formula is C9H8F2N4O. The first-order chi connectivity index (χ1) is 7.65. The Hall–Kier alpha value is -2.05. The van der Waals surface area contributed by atoms with Gasteiger partial charge in [0.1, 0.15) is 11.4 Å². The molecule has 5 nitrogen and oxygen atoms in total. The number of carbonyl (C=O) groups is 1. The van der Waals surface area contributed by atoms with Crippen molar-refractivity contribution in [2.75, 3.05) is 7.05 Å². The molecule has 7 heteroatoms. The van der Waals surface area contributed by atoms with Gasteiger partial charge in [0.2, 0.25) is 0 Å². The van der Waals surface area contributed by atoms with Crippen LogP contribution in [0.25, 0.3) is 5.65 Å². The van der Waals surface area contributed by atoms with E-state index in [2.05, 4.69) is 15.3 Å². The summed E-state index contributed by atoms with van der Waals surface area (Å²) in [5, 5.41) is 2.30. The van der Waals surface area contributed by atoms with Gasteiger partial charge >= 0.3 is 0 Å². The maximum absolute atomic E-state index is 12.7. The van der Waals surface area contributed by atoms with Gasteiger partial charge < -0.3 is 5.32 Å². The van der Waals surface area contributed by atoms with Gasteiger partial charge in [0.05, 0.1) is 6.20 Å². The SMILES string of the molecule is CNC(=O)c1c(C(F)F)nc2cnccn12. The number of hydrogen-bond donors (Lipinski definition) is 1. The maximum atomic E-state index is 12.7. The highest BCUT2D eigenvalue weighted by molar-refractivity contribution is 5.94. The van der Waals surface area contributed by atoms with Crippen molar-refractivity contribution in [1.29, 1.82) is 0 Å². The maximum Gasteiger partial charge on any atom is 0.282 e. The standard InChI is InChI=1S/C9H8F2N4O/c1-12-9(16)7-6(8(10)11)14-5-4-13-2-3-15(5)7/h2-4,8H,1H3,(H,12,16). The summed E-state index contributed by atoms with van der Waals surface area (Å²) in [5.74, 6) is -0.603. The summed E-state index contributed by atoms with van der Waals surface area (Å²) >= 11 is 0. The Balaban J connectivity index is 2.74. The number of imidazole rings is 1. The second kappa shape index (κ2) is 3.84. The van der Waals surface area contributed by atoms with Gasteiger partial charge in [-0.1, -0.05) is 0 Å². The van der Waals surface area contributed by atoms with E-state index in [-0.39, 0.29) is 11.3 Å². The number of rotatable bonds is 2. The number of alkyl halides is 2. The molecule has 0 aromatic carbocycles. The normalized spacial score (nSPS) is 11.0. The first-order valence-corrected chi connectivity index (χ1v) is 4.47. The number of carbonyl (C=O) groups excluding carboxylic acids is 1.